The monoisotopic (exact) mass is 285 g/mol. The molecule has 0 radical (unpaired) electrons. The van der Waals surface area contributed by atoms with Crippen LogP contribution in [0.2, 0.25) is 0 Å². The van der Waals surface area contributed by atoms with Crippen LogP contribution in [-0.2, 0) is 19.1 Å². The van der Waals surface area contributed by atoms with E-state index in [1.165, 1.54) is 7.11 Å². The van der Waals surface area contributed by atoms with Crippen molar-refractivity contribution >= 4 is 17.8 Å². The number of Topliss-reactive ketones (excluding diaryl/α,β-unsaturated/α-hetero) is 1. The SMILES string of the molecule is COC(=O)C(=O)CC1CCN(C(=O)OC(C)(C)C)CC1. The molecule has 6 nitrogen and oxygen atoms in total. The van der Waals surface area contributed by atoms with Gasteiger partial charge < -0.3 is 14.4 Å². The number of carbonyl (C=O) groups is 3. The summed E-state index contributed by atoms with van der Waals surface area (Å²) in [6.45, 7) is 6.58. The zero-order valence-electron chi connectivity index (χ0n) is 12.6. The van der Waals surface area contributed by atoms with Crippen molar-refractivity contribution < 1.29 is 23.9 Å². The molecule has 1 fully saturated rings. The van der Waals surface area contributed by atoms with Crippen LogP contribution in [0.25, 0.3) is 0 Å². The lowest BCUT2D eigenvalue weighted by atomic mass is 9.92. The van der Waals surface area contributed by atoms with Gasteiger partial charge in [0.05, 0.1) is 7.11 Å². The third-order valence-electron chi connectivity index (χ3n) is 3.15. The Labute approximate surface area is 119 Å². The van der Waals surface area contributed by atoms with Crippen LogP contribution in [0.3, 0.4) is 0 Å². The second kappa shape index (κ2) is 6.72. The van der Waals surface area contributed by atoms with Crippen LogP contribution in [0.5, 0.6) is 0 Å². The van der Waals surface area contributed by atoms with Gasteiger partial charge in [-0.1, -0.05) is 0 Å². The van der Waals surface area contributed by atoms with Crippen molar-refractivity contribution in [1.82, 2.24) is 4.90 Å². The smallest absolute Gasteiger partial charge is 0.410 e. The van der Waals surface area contributed by atoms with Crippen LogP contribution < -0.4 is 0 Å². The molecule has 0 aliphatic carbocycles. The van der Waals surface area contributed by atoms with Crippen LogP contribution in [0.1, 0.15) is 40.0 Å². The van der Waals surface area contributed by atoms with Gasteiger partial charge in [-0.05, 0) is 39.5 Å². The van der Waals surface area contributed by atoms with Crippen molar-refractivity contribution in [3.8, 4) is 0 Å². The molecule has 0 aromatic carbocycles. The molecule has 0 aromatic rings. The van der Waals surface area contributed by atoms with E-state index in [0.717, 1.165) is 0 Å². The van der Waals surface area contributed by atoms with E-state index in [2.05, 4.69) is 4.74 Å². The number of piperidine rings is 1. The van der Waals surface area contributed by atoms with Gasteiger partial charge in [0, 0.05) is 19.5 Å². The Kier molecular flexibility index (Phi) is 5.53. The molecule has 1 heterocycles. The number of methoxy groups -OCH3 is 1. The molecule has 1 amide bonds. The Bertz CT molecular complexity index is 378. The zero-order valence-corrected chi connectivity index (χ0v) is 12.6. The number of esters is 1. The molecule has 0 atom stereocenters. The van der Waals surface area contributed by atoms with E-state index in [1.807, 2.05) is 20.8 Å². The molecular formula is C14H23NO5. The Morgan fingerprint density at radius 3 is 2.15 bits per heavy atom. The van der Waals surface area contributed by atoms with Crippen LogP contribution in [0.4, 0.5) is 4.79 Å². The van der Waals surface area contributed by atoms with Crippen molar-refractivity contribution in [3.05, 3.63) is 0 Å². The molecule has 114 valence electrons. The molecule has 0 N–H and O–H groups in total. The van der Waals surface area contributed by atoms with Crippen molar-refractivity contribution in [2.45, 2.75) is 45.6 Å². The minimum Gasteiger partial charge on any atom is -0.463 e. The summed E-state index contributed by atoms with van der Waals surface area (Å²) in [7, 11) is 1.20. The molecule has 1 aliphatic heterocycles. The first-order chi connectivity index (χ1) is 9.23. The number of amides is 1. The topological polar surface area (TPSA) is 72.9 Å². The standard InChI is InChI=1S/C14H23NO5/c1-14(2,3)20-13(18)15-7-5-10(6-8-15)9-11(16)12(17)19-4/h10H,5-9H2,1-4H3. The minimum atomic E-state index is -0.792. The highest BCUT2D eigenvalue weighted by molar-refractivity contribution is 6.33. The van der Waals surface area contributed by atoms with E-state index in [-0.39, 0.29) is 18.4 Å². The first-order valence-electron chi connectivity index (χ1n) is 6.82. The number of ketones is 1. The molecule has 0 spiro atoms. The largest absolute Gasteiger partial charge is 0.463 e. The lowest BCUT2D eigenvalue weighted by Gasteiger charge is -2.33. The first-order valence-corrected chi connectivity index (χ1v) is 6.82. The van der Waals surface area contributed by atoms with E-state index in [4.69, 9.17) is 4.74 Å². The Balaban J connectivity index is 2.38. The third kappa shape index (κ3) is 5.19. The van der Waals surface area contributed by atoms with Gasteiger partial charge in [-0.25, -0.2) is 9.59 Å². The summed E-state index contributed by atoms with van der Waals surface area (Å²) >= 11 is 0. The van der Waals surface area contributed by atoms with Gasteiger partial charge >= 0.3 is 12.1 Å². The number of ether oxygens (including phenoxy) is 2. The van der Waals surface area contributed by atoms with Crippen molar-refractivity contribution in [2.24, 2.45) is 5.92 Å². The van der Waals surface area contributed by atoms with Gasteiger partial charge in [0.15, 0.2) is 0 Å². The number of rotatable bonds is 3. The summed E-state index contributed by atoms with van der Waals surface area (Å²) in [6, 6.07) is 0. The summed E-state index contributed by atoms with van der Waals surface area (Å²) < 4.78 is 9.69. The molecule has 1 saturated heterocycles. The predicted octanol–water partition coefficient (Wildman–Crippen LogP) is 1.77. The molecule has 6 heteroatoms. The number of hydrogen-bond donors (Lipinski definition) is 0. The van der Waals surface area contributed by atoms with Gasteiger partial charge in [0.1, 0.15) is 5.60 Å². The summed E-state index contributed by atoms with van der Waals surface area (Å²) in [5.74, 6) is -1.16. The van der Waals surface area contributed by atoms with Gasteiger partial charge in [-0.15, -0.1) is 0 Å². The lowest BCUT2D eigenvalue weighted by Crippen LogP contribution is -2.42. The van der Waals surface area contributed by atoms with Crippen LogP contribution >= 0.6 is 0 Å². The minimum absolute atomic E-state index is 0.125. The van der Waals surface area contributed by atoms with E-state index in [0.29, 0.717) is 25.9 Å². The van der Waals surface area contributed by atoms with Crippen LogP contribution in [-0.4, -0.2) is 48.5 Å². The van der Waals surface area contributed by atoms with Crippen LogP contribution in [0, 0.1) is 5.92 Å². The maximum Gasteiger partial charge on any atom is 0.410 e. The molecular weight excluding hydrogens is 262 g/mol. The normalized spacial score (nSPS) is 16.7. The fraction of sp³-hybridized carbons (Fsp3) is 0.786. The number of hydrogen-bond acceptors (Lipinski definition) is 5. The Morgan fingerprint density at radius 1 is 1.15 bits per heavy atom. The molecule has 1 aliphatic rings. The second-order valence-corrected chi connectivity index (χ2v) is 6.03. The fourth-order valence-electron chi connectivity index (χ4n) is 2.11. The third-order valence-corrected chi connectivity index (χ3v) is 3.15. The number of nitrogens with zero attached hydrogens (tertiary/aromatic N) is 1. The number of likely N-dealkylation sites (tertiary alicyclic amines) is 1. The first kappa shape index (κ1) is 16.5. The molecule has 1 rings (SSSR count). The molecule has 0 bridgehead atoms. The highest BCUT2D eigenvalue weighted by Crippen LogP contribution is 2.22. The van der Waals surface area contributed by atoms with Gasteiger partial charge in [-0.2, -0.15) is 0 Å². The van der Waals surface area contributed by atoms with Crippen molar-refractivity contribution in [2.75, 3.05) is 20.2 Å². The summed E-state index contributed by atoms with van der Waals surface area (Å²) in [5.41, 5.74) is -0.505. The fourth-order valence-corrected chi connectivity index (χ4v) is 2.11. The highest BCUT2D eigenvalue weighted by atomic mass is 16.6. The summed E-state index contributed by atoms with van der Waals surface area (Å²) in [4.78, 5) is 36.0. The Hall–Kier alpha value is -1.59. The number of carbonyl (C=O) groups excluding carboxylic acids is 3. The van der Waals surface area contributed by atoms with Crippen LogP contribution in [0.15, 0.2) is 0 Å². The van der Waals surface area contributed by atoms with E-state index in [1.54, 1.807) is 4.90 Å². The molecule has 20 heavy (non-hydrogen) atoms. The van der Waals surface area contributed by atoms with Gasteiger partial charge in [-0.3, -0.25) is 4.79 Å². The average molecular weight is 285 g/mol. The lowest BCUT2D eigenvalue weighted by molar-refractivity contribution is -0.152. The maximum absolute atomic E-state index is 11.9. The highest BCUT2D eigenvalue weighted by Gasteiger charge is 2.29. The molecule has 0 saturated carbocycles. The van der Waals surface area contributed by atoms with Crippen molar-refractivity contribution in [3.63, 3.8) is 0 Å². The van der Waals surface area contributed by atoms with E-state index >= 15 is 0 Å². The average Bonchev–Trinajstić information content (AvgIpc) is 2.36. The van der Waals surface area contributed by atoms with Crippen molar-refractivity contribution in [1.29, 1.82) is 0 Å². The molecule has 0 unspecified atom stereocenters. The second-order valence-electron chi connectivity index (χ2n) is 6.03. The molecule has 0 aromatic heterocycles. The summed E-state index contributed by atoms with van der Waals surface area (Å²) in [5, 5.41) is 0. The maximum atomic E-state index is 11.9. The predicted molar refractivity (Wildman–Crippen MR) is 72.2 cm³/mol. The zero-order chi connectivity index (χ0) is 15.3. The van der Waals surface area contributed by atoms with Gasteiger partial charge in [0.2, 0.25) is 5.78 Å². The van der Waals surface area contributed by atoms with Gasteiger partial charge in [0.25, 0.3) is 0 Å². The van der Waals surface area contributed by atoms with E-state index in [9.17, 15) is 14.4 Å². The summed E-state index contributed by atoms with van der Waals surface area (Å²) in [6.07, 6.45) is 1.26. The quantitative estimate of drug-likeness (QED) is 0.583. The van der Waals surface area contributed by atoms with E-state index < -0.39 is 17.4 Å². The Morgan fingerprint density at radius 2 is 1.70 bits per heavy atom.